The van der Waals surface area contributed by atoms with Gasteiger partial charge in [-0.25, -0.2) is 0 Å². The first-order chi connectivity index (χ1) is 6.95. The summed E-state index contributed by atoms with van der Waals surface area (Å²) < 4.78 is 18.0. The van der Waals surface area contributed by atoms with E-state index >= 15 is 0 Å². The van der Waals surface area contributed by atoms with E-state index in [0.717, 1.165) is 11.1 Å². The summed E-state index contributed by atoms with van der Waals surface area (Å²) in [6.07, 6.45) is 0. The van der Waals surface area contributed by atoms with Gasteiger partial charge in [-0.05, 0) is 39.1 Å². The average molecular weight is 257 g/mol. The second kappa shape index (κ2) is 7.41. The fourth-order valence-electron chi connectivity index (χ4n) is 0.868. The molecule has 0 unspecified atom stereocenters. The highest BCUT2D eigenvalue weighted by Gasteiger charge is 2.23. The second-order valence-electron chi connectivity index (χ2n) is 2.82. The van der Waals surface area contributed by atoms with Crippen LogP contribution < -0.4 is 0 Å². The van der Waals surface area contributed by atoms with Crippen molar-refractivity contribution in [3.63, 3.8) is 0 Å². The molecule has 15 heavy (non-hydrogen) atoms. The van der Waals surface area contributed by atoms with Gasteiger partial charge in [-0.1, -0.05) is 0 Å². The largest absolute Gasteiger partial charge is 0.395 e. The summed E-state index contributed by atoms with van der Waals surface area (Å²) in [5.41, 5.74) is 0. The van der Waals surface area contributed by atoms with Gasteiger partial charge in [0.05, 0.1) is 13.2 Å². The van der Waals surface area contributed by atoms with Crippen LogP contribution in [-0.2, 0) is 29.5 Å². The van der Waals surface area contributed by atoms with E-state index in [1.807, 2.05) is 32.2 Å². The number of nitrogens with zero attached hydrogens (tertiary/aromatic N) is 1. The molecule has 0 rings (SSSR count). The minimum Gasteiger partial charge on any atom is -0.395 e. The topological polar surface area (TPSA) is 48.0 Å². The lowest BCUT2D eigenvalue weighted by atomic mass is 10.9. The third-order valence-corrected chi connectivity index (χ3v) is 6.02. The van der Waals surface area contributed by atoms with E-state index in [9.17, 15) is 4.79 Å². The van der Waals surface area contributed by atoms with E-state index in [1.54, 1.807) is 0 Å². The van der Waals surface area contributed by atoms with Gasteiger partial charge in [0.25, 0.3) is 0 Å². The van der Waals surface area contributed by atoms with Gasteiger partial charge < -0.3 is 13.6 Å². The SMILES string of the molecule is CCOP(OCC)(OC(C)=O)=[SH]N(C)C. The van der Waals surface area contributed by atoms with Crippen LogP contribution in [0.25, 0.3) is 0 Å². The van der Waals surface area contributed by atoms with Crippen LogP contribution in [0.2, 0.25) is 0 Å². The smallest absolute Gasteiger partial charge is 0.350 e. The van der Waals surface area contributed by atoms with Crippen LogP contribution >= 0.6 is 6.72 Å². The molecule has 0 atom stereocenters. The highest BCUT2D eigenvalue weighted by molar-refractivity contribution is 8.16. The van der Waals surface area contributed by atoms with E-state index in [0.29, 0.717) is 13.2 Å². The molecule has 92 valence electrons. The monoisotopic (exact) mass is 257 g/mol. The zero-order chi connectivity index (χ0) is 11.9. The fourth-order valence-corrected chi connectivity index (χ4v) is 5.37. The third-order valence-electron chi connectivity index (χ3n) is 1.12. The first-order valence-electron chi connectivity index (χ1n) is 4.74. The number of carbonyl (C=O) groups excluding carboxylic acids is 1. The molecule has 0 N–H and O–H groups in total. The molecule has 0 aromatic heterocycles. The zero-order valence-corrected chi connectivity index (χ0v) is 11.7. The standard InChI is InChI=1S/C8H20NO4PS/c1-6-11-14(12-7-2,13-8(3)10)15-9(4)5/h15H,6-7H2,1-5H3. The summed E-state index contributed by atoms with van der Waals surface area (Å²) in [5, 5.41) is 0. The van der Waals surface area contributed by atoms with Gasteiger partial charge >= 0.3 is 12.7 Å². The van der Waals surface area contributed by atoms with Gasteiger partial charge in [0.15, 0.2) is 0 Å². The predicted molar refractivity (Wildman–Crippen MR) is 64.4 cm³/mol. The van der Waals surface area contributed by atoms with Gasteiger partial charge in [0.2, 0.25) is 0 Å². The van der Waals surface area contributed by atoms with Crippen LogP contribution in [0.3, 0.4) is 0 Å². The molecule has 0 aromatic rings. The Labute approximate surface area is 95.0 Å². The molecule has 0 amide bonds. The Kier molecular flexibility index (Phi) is 7.48. The van der Waals surface area contributed by atoms with Crippen LogP contribution in [0, 0.1) is 0 Å². The summed E-state index contributed by atoms with van der Waals surface area (Å²) in [4.78, 5) is 11.0. The predicted octanol–water partition coefficient (Wildman–Crippen LogP) is 1.59. The highest BCUT2D eigenvalue weighted by atomic mass is 32.5. The Hall–Kier alpha value is 0.130. The molecule has 0 spiro atoms. The van der Waals surface area contributed by atoms with E-state index in [-0.39, 0.29) is 5.97 Å². The van der Waals surface area contributed by atoms with Gasteiger partial charge in [0, 0.05) is 6.92 Å². The van der Waals surface area contributed by atoms with Crippen molar-refractivity contribution in [3.8, 4) is 0 Å². The van der Waals surface area contributed by atoms with Crippen molar-refractivity contribution in [2.75, 3.05) is 27.3 Å². The second-order valence-corrected chi connectivity index (χ2v) is 7.44. The molecule has 0 aromatic carbocycles. The van der Waals surface area contributed by atoms with Crippen LogP contribution in [-0.4, -0.2) is 37.6 Å². The van der Waals surface area contributed by atoms with Crippen molar-refractivity contribution in [1.29, 1.82) is 0 Å². The van der Waals surface area contributed by atoms with Crippen LogP contribution in [0.1, 0.15) is 20.8 Å². The summed E-state index contributed by atoms with van der Waals surface area (Å²) in [6.45, 7) is 3.42. The van der Waals surface area contributed by atoms with E-state index in [2.05, 4.69) is 0 Å². The fraction of sp³-hybridized carbons (Fsp3) is 0.875. The van der Waals surface area contributed by atoms with Crippen molar-refractivity contribution >= 4 is 23.8 Å². The Morgan fingerprint density at radius 3 is 2.00 bits per heavy atom. The van der Waals surface area contributed by atoms with Gasteiger partial charge in [-0.3, -0.25) is 9.10 Å². The van der Waals surface area contributed by atoms with E-state index < -0.39 is 6.72 Å². The minimum absolute atomic E-state index is 0.375. The van der Waals surface area contributed by atoms with Crippen molar-refractivity contribution in [1.82, 2.24) is 4.31 Å². The summed E-state index contributed by atoms with van der Waals surface area (Å²) >= 11 is 0.747. The Morgan fingerprint density at radius 2 is 1.73 bits per heavy atom. The average Bonchev–Trinajstić information content (AvgIpc) is 2.01. The lowest BCUT2D eigenvalue weighted by molar-refractivity contribution is -0.132. The van der Waals surface area contributed by atoms with Crippen LogP contribution in [0.5, 0.6) is 0 Å². The summed E-state index contributed by atoms with van der Waals surface area (Å²) in [5.74, 6) is -0.375. The Balaban J connectivity index is 4.96. The van der Waals surface area contributed by atoms with Crippen molar-refractivity contribution < 1.29 is 18.4 Å². The highest BCUT2D eigenvalue weighted by Crippen LogP contribution is 2.52. The summed E-state index contributed by atoms with van der Waals surface area (Å²) in [6, 6.07) is 0. The third kappa shape index (κ3) is 6.33. The van der Waals surface area contributed by atoms with Crippen molar-refractivity contribution in [2.45, 2.75) is 20.8 Å². The Morgan fingerprint density at radius 1 is 1.27 bits per heavy atom. The molecule has 0 saturated heterocycles. The quantitative estimate of drug-likeness (QED) is 0.578. The molecule has 0 radical (unpaired) electrons. The molecule has 7 heteroatoms. The maximum Gasteiger partial charge on any atom is 0.350 e. The van der Waals surface area contributed by atoms with Gasteiger partial charge in [-0.2, -0.15) is 0 Å². The van der Waals surface area contributed by atoms with Crippen LogP contribution in [0.4, 0.5) is 0 Å². The minimum atomic E-state index is -2.56. The number of rotatable bonds is 6. The number of carbonyl (C=O) groups is 1. The molecule has 0 fully saturated rings. The first kappa shape index (κ1) is 15.1. The molecule has 5 nitrogen and oxygen atoms in total. The lowest BCUT2D eigenvalue weighted by Gasteiger charge is -2.24. The first-order valence-corrected chi connectivity index (χ1v) is 7.84. The molecule has 0 saturated carbocycles. The molecule has 0 aliphatic heterocycles. The van der Waals surface area contributed by atoms with E-state index in [1.165, 1.54) is 6.92 Å². The molecule has 0 heterocycles. The van der Waals surface area contributed by atoms with Gasteiger partial charge in [0.1, 0.15) is 0 Å². The number of hydrogen-bond acceptors (Lipinski definition) is 4. The molecule has 0 bridgehead atoms. The maximum atomic E-state index is 11.0. The summed E-state index contributed by atoms with van der Waals surface area (Å²) in [7, 11) is 3.75. The Bertz CT molecular complexity index is 247. The van der Waals surface area contributed by atoms with E-state index in [4.69, 9.17) is 13.6 Å². The van der Waals surface area contributed by atoms with Gasteiger partial charge in [-0.15, -0.1) is 0 Å². The number of hydrogen-bond donors (Lipinski definition) is 1. The van der Waals surface area contributed by atoms with Crippen molar-refractivity contribution in [3.05, 3.63) is 0 Å². The molecular weight excluding hydrogens is 237 g/mol. The maximum absolute atomic E-state index is 11.0. The van der Waals surface area contributed by atoms with Crippen LogP contribution in [0.15, 0.2) is 0 Å². The lowest BCUT2D eigenvalue weighted by Crippen LogP contribution is -2.11. The normalized spacial score (nSPS) is 11.9. The number of thiol groups is 1. The zero-order valence-electron chi connectivity index (χ0n) is 9.89. The molecule has 0 aliphatic carbocycles. The molecular formula is C8H20NO4PS. The van der Waals surface area contributed by atoms with Crippen molar-refractivity contribution in [2.24, 2.45) is 0 Å². The molecule has 0 aliphatic rings.